The lowest BCUT2D eigenvalue weighted by Gasteiger charge is -2.26. The van der Waals surface area contributed by atoms with Gasteiger partial charge in [-0.25, -0.2) is 17.8 Å². The van der Waals surface area contributed by atoms with Gasteiger partial charge in [0, 0.05) is 34.5 Å². The quantitative estimate of drug-likeness (QED) is 0.420. The van der Waals surface area contributed by atoms with Crippen LogP contribution in [0.3, 0.4) is 0 Å². The molecule has 1 heterocycles. The Balaban J connectivity index is 2.15. The maximum Gasteiger partial charge on any atom is 0.332 e. The molecule has 0 saturated heterocycles. The van der Waals surface area contributed by atoms with Crippen molar-refractivity contribution in [1.29, 1.82) is 0 Å². The molecule has 0 radical (unpaired) electrons. The number of aliphatic hydroxyl groups excluding tert-OH is 1. The van der Waals surface area contributed by atoms with Crippen LogP contribution >= 0.6 is 0 Å². The molecule has 0 bridgehead atoms. The summed E-state index contributed by atoms with van der Waals surface area (Å²) in [5, 5.41) is 9.98. The SMILES string of the molecule is COc1c(C=Cc2ccc(NS(C)(=O)=O)cc2)cc(-n2c(=O)cc[nH]c2=O)cc1C(C)(C)CO. The highest BCUT2D eigenvalue weighted by atomic mass is 32.2. The topological polar surface area (TPSA) is 130 Å². The van der Waals surface area contributed by atoms with Crippen molar-refractivity contribution in [3.63, 3.8) is 0 Å². The zero-order valence-electron chi connectivity index (χ0n) is 19.3. The molecule has 1 aromatic heterocycles. The Kier molecular flexibility index (Phi) is 7.13. The average molecular weight is 486 g/mol. The van der Waals surface area contributed by atoms with Crippen molar-refractivity contribution in [2.75, 3.05) is 24.7 Å². The number of hydrogen-bond donors (Lipinski definition) is 3. The van der Waals surface area contributed by atoms with Gasteiger partial charge in [-0.2, -0.15) is 0 Å². The molecule has 3 N–H and O–H groups in total. The van der Waals surface area contributed by atoms with E-state index in [2.05, 4.69) is 9.71 Å². The molecular weight excluding hydrogens is 458 g/mol. The normalized spacial score (nSPS) is 12.1. The van der Waals surface area contributed by atoms with Crippen LogP contribution in [0.15, 0.2) is 58.3 Å². The Bertz CT molecular complexity index is 1410. The molecule has 0 saturated carbocycles. The van der Waals surface area contributed by atoms with E-state index < -0.39 is 26.7 Å². The number of hydrogen-bond acceptors (Lipinski definition) is 6. The second kappa shape index (κ2) is 9.70. The molecular formula is C24H27N3O6S. The van der Waals surface area contributed by atoms with E-state index in [1.807, 2.05) is 13.8 Å². The molecule has 0 aliphatic carbocycles. The summed E-state index contributed by atoms with van der Waals surface area (Å²) in [6, 6.07) is 11.3. The van der Waals surface area contributed by atoms with Crippen molar-refractivity contribution in [2.45, 2.75) is 19.3 Å². The van der Waals surface area contributed by atoms with Crippen molar-refractivity contribution in [1.82, 2.24) is 9.55 Å². The van der Waals surface area contributed by atoms with Gasteiger partial charge < -0.3 is 14.8 Å². The summed E-state index contributed by atoms with van der Waals surface area (Å²) in [7, 11) is -1.86. The summed E-state index contributed by atoms with van der Waals surface area (Å²) in [6.45, 7) is 3.46. The lowest BCUT2D eigenvalue weighted by atomic mass is 9.83. The van der Waals surface area contributed by atoms with E-state index in [9.17, 15) is 23.1 Å². The third-order valence-electron chi connectivity index (χ3n) is 5.21. The van der Waals surface area contributed by atoms with Gasteiger partial charge in [0.05, 0.1) is 25.7 Å². The molecule has 0 fully saturated rings. The van der Waals surface area contributed by atoms with Crippen molar-refractivity contribution in [2.24, 2.45) is 0 Å². The van der Waals surface area contributed by atoms with Crippen LogP contribution in [0.1, 0.15) is 30.5 Å². The fraction of sp³-hybridized carbons (Fsp3) is 0.250. The molecule has 3 aromatic rings. The van der Waals surface area contributed by atoms with Crippen LogP contribution in [0, 0.1) is 0 Å². The minimum absolute atomic E-state index is 0.190. The van der Waals surface area contributed by atoms with E-state index in [0.717, 1.165) is 16.4 Å². The summed E-state index contributed by atoms with van der Waals surface area (Å²) < 4.78 is 31.9. The second-order valence-corrected chi connectivity index (χ2v) is 10.2. The van der Waals surface area contributed by atoms with Crippen LogP contribution in [0.2, 0.25) is 0 Å². The predicted molar refractivity (Wildman–Crippen MR) is 133 cm³/mol. The van der Waals surface area contributed by atoms with E-state index >= 15 is 0 Å². The number of aliphatic hydroxyl groups is 1. The monoisotopic (exact) mass is 485 g/mol. The smallest absolute Gasteiger partial charge is 0.332 e. The number of rotatable bonds is 8. The largest absolute Gasteiger partial charge is 0.496 e. The number of aromatic amines is 1. The summed E-state index contributed by atoms with van der Waals surface area (Å²) >= 11 is 0. The second-order valence-electron chi connectivity index (χ2n) is 8.44. The van der Waals surface area contributed by atoms with Gasteiger partial charge in [0.15, 0.2) is 0 Å². The Labute approximate surface area is 197 Å². The van der Waals surface area contributed by atoms with E-state index in [1.54, 1.807) is 48.6 Å². The molecule has 3 rings (SSSR count). The zero-order valence-corrected chi connectivity index (χ0v) is 20.1. The molecule has 0 aliphatic heterocycles. The van der Waals surface area contributed by atoms with Crippen LogP contribution in [0.4, 0.5) is 5.69 Å². The van der Waals surface area contributed by atoms with Crippen molar-refractivity contribution in [3.05, 3.63) is 86.2 Å². The van der Waals surface area contributed by atoms with Crippen LogP contribution in [0.5, 0.6) is 5.75 Å². The predicted octanol–water partition coefficient (Wildman–Crippen LogP) is 2.35. The summed E-state index contributed by atoms with van der Waals surface area (Å²) in [5.41, 5.74) is 0.950. The van der Waals surface area contributed by atoms with Crippen molar-refractivity contribution in [3.8, 4) is 11.4 Å². The first kappa shape index (κ1) is 25.0. The van der Waals surface area contributed by atoms with Gasteiger partial charge >= 0.3 is 5.69 Å². The summed E-state index contributed by atoms with van der Waals surface area (Å²) in [4.78, 5) is 27.3. The Morgan fingerprint density at radius 2 is 1.79 bits per heavy atom. The molecule has 0 aliphatic rings. The summed E-state index contributed by atoms with van der Waals surface area (Å²) in [6.07, 6.45) is 5.92. The van der Waals surface area contributed by atoms with Crippen molar-refractivity contribution < 1.29 is 18.3 Å². The highest BCUT2D eigenvalue weighted by Crippen LogP contribution is 2.37. The fourth-order valence-corrected chi connectivity index (χ4v) is 4.00. The van der Waals surface area contributed by atoms with Crippen molar-refractivity contribution >= 4 is 27.9 Å². The number of anilines is 1. The number of nitrogens with one attached hydrogen (secondary N) is 2. The number of nitrogens with zero attached hydrogens (tertiary/aromatic N) is 1. The lowest BCUT2D eigenvalue weighted by Crippen LogP contribution is -2.33. The molecule has 2 aromatic carbocycles. The van der Waals surface area contributed by atoms with Gasteiger partial charge in [-0.15, -0.1) is 0 Å². The highest BCUT2D eigenvalue weighted by Gasteiger charge is 2.26. The van der Waals surface area contributed by atoms with Gasteiger partial charge in [-0.1, -0.05) is 38.1 Å². The van der Waals surface area contributed by atoms with E-state index in [-0.39, 0.29) is 6.61 Å². The number of ether oxygens (including phenoxy) is 1. The zero-order chi connectivity index (χ0) is 25.1. The van der Waals surface area contributed by atoms with Crippen LogP contribution in [0.25, 0.3) is 17.8 Å². The average Bonchev–Trinajstić information content (AvgIpc) is 2.77. The number of benzene rings is 2. The molecule has 180 valence electrons. The lowest BCUT2D eigenvalue weighted by molar-refractivity contribution is 0.214. The van der Waals surface area contributed by atoms with Crippen LogP contribution in [-0.2, 0) is 15.4 Å². The van der Waals surface area contributed by atoms with E-state index in [1.165, 1.54) is 19.4 Å². The van der Waals surface area contributed by atoms with Gasteiger partial charge in [-0.3, -0.25) is 9.52 Å². The molecule has 34 heavy (non-hydrogen) atoms. The number of methoxy groups -OCH3 is 1. The van der Waals surface area contributed by atoms with Crippen LogP contribution < -0.4 is 20.7 Å². The molecule has 0 spiro atoms. The van der Waals surface area contributed by atoms with Gasteiger partial charge in [-0.05, 0) is 29.8 Å². The standard InChI is InChI=1S/C24H27N3O6S/c1-24(2,15-28)20-14-19(27-21(29)11-12-25-23(27)30)13-17(22(20)33-3)8-5-16-6-9-18(10-7-16)26-34(4,31)32/h5-14,26,28H,15H2,1-4H3,(H,25,30). The molecule has 10 heteroatoms. The fourth-order valence-electron chi connectivity index (χ4n) is 3.43. The Morgan fingerprint density at radius 1 is 1.12 bits per heavy atom. The number of aromatic nitrogens is 2. The third kappa shape index (κ3) is 5.64. The maximum absolute atomic E-state index is 12.4. The summed E-state index contributed by atoms with van der Waals surface area (Å²) in [5.74, 6) is 0.495. The Hall–Kier alpha value is -3.63. The molecule has 9 nitrogen and oxygen atoms in total. The maximum atomic E-state index is 12.4. The van der Waals surface area contributed by atoms with Crippen LogP contribution in [-0.4, -0.2) is 43.0 Å². The third-order valence-corrected chi connectivity index (χ3v) is 5.82. The first-order valence-corrected chi connectivity index (χ1v) is 12.2. The first-order chi connectivity index (χ1) is 15.9. The number of H-pyrrole nitrogens is 1. The first-order valence-electron chi connectivity index (χ1n) is 10.4. The Morgan fingerprint density at radius 3 is 2.35 bits per heavy atom. The minimum atomic E-state index is -3.37. The van der Waals surface area contributed by atoms with Gasteiger partial charge in [0.2, 0.25) is 10.0 Å². The van der Waals surface area contributed by atoms with Gasteiger partial charge in [0.25, 0.3) is 5.56 Å². The highest BCUT2D eigenvalue weighted by molar-refractivity contribution is 7.92. The van der Waals surface area contributed by atoms with Gasteiger partial charge in [0.1, 0.15) is 5.75 Å². The minimum Gasteiger partial charge on any atom is -0.496 e. The van der Waals surface area contributed by atoms with E-state index in [0.29, 0.717) is 28.3 Å². The van der Waals surface area contributed by atoms with E-state index in [4.69, 9.17) is 4.74 Å². The number of sulfonamides is 1. The molecule has 0 atom stereocenters. The molecule has 0 unspecified atom stereocenters. The molecule has 0 amide bonds.